The summed E-state index contributed by atoms with van der Waals surface area (Å²) in [5, 5.41) is 11.7. The van der Waals surface area contributed by atoms with Gasteiger partial charge >= 0.3 is 0 Å². The largest absolute Gasteiger partial charge is 0.507 e. The van der Waals surface area contributed by atoms with E-state index < -0.39 is 6.85 Å². The average molecular weight is 1050 g/mol. The van der Waals surface area contributed by atoms with Gasteiger partial charge in [0.1, 0.15) is 11.6 Å². The Kier molecular flexibility index (Phi) is 11.4. The van der Waals surface area contributed by atoms with E-state index in [2.05, 4.69) is 176 Å². The summed E-state index contributed by atoms with van der Waals surface area (Å²) in [5.41, 5.74) is 14.9. The van der Waals surface area contributed by atoms with Crippen molar-refractivity contribution in [3.05, 3.63) is 192 Å². The number of aryl methyl sites for hydroxylation is 1. The number of phenolic OH excluding ortho intramolecular Hbond substituents is 1. The van der Waals surface area contributed by atoms with Crippen molar-refractivity contribution in [2.75, 3.05) is 0 Å². The SMILES string of the molecule is [2H]C([2H])([2H])c1cnc(-c2[c-]c(-c3cccc4c3nc(-c3ccccc3O)n4-c3c(-c4ccccc4)cc(C(C)(C)C)cc3-c3ccccc3)cc(C(C)(C)C)c2)cc1-c1ccc(C(C)(C)C)cc1.[Pt]. The Morgan fingerprint density at radius 2 is 1.05 bits per heavy atom. The van der Waals surface area contributed by atoms with Crippen molar-refractivity contribution >= 4 is 11.0 Å². The van der Waals surface area contributed by atoms with Crippen LogP contribution in [0.25, 0.3) is 83.9 Å². The molecule has 5 heteroatoms. The molecule has 0 unspecified atom stereocenters. The van der Waals surface area contributed by atoms with Gasteiger partial charge in [-0.05, 0) is 92.4 Å². The molecule has 0 atom stereocenters. The summed E-state index contributed by atoms with van der Waals surface area (Å²) in [5.74, 6) is 0.720. The third-order valence-corrected chi connectivity index (χ3v) is 12.5. The van der Waals surface area contributed by atoms with Crippen LogP contribution in [0.1, 0.15) is 88.7 Å². The number of rotatable bonds is 7. The molecule has 4 nitrogen and oxygen atoms in total. The Bertz CT molecular complexity index is 3260. The molecule has 9 rings (SSSR count). The molecule has 0 amide bonds. The molecule has 0 aliphatic carbocycles. The summed E-state index contributed by atoms with van der Waals surface area (Å²) in [6.45, 7) is 17.4. The number of hydrogen-bond acceptors (Lipinski definition) is 3. The first-order chi connectivity index (χ1) is 32.2. The van der Waals surface area contributed by atoms with Gasteiger partial charge in [0.15, 0.2) is 0 Å². The van der Waals surface area contributed by atoms with E-state index in [0.29, 0.717) is 22.6 Å². The zero-order valence-electron chi connectivity index (χ0n) is 42.2. The number of aromatic hydroxyl groups is 1. The van der Waals surface area contributed by atoms with Crippen molar-refractivity contribution in [3.63, 3.8) is 0 Å². The van der Waals surface area contributed by atoms with Gasteiger partial charge in [-0.15, -0.1) is 29.3 Å². The van der Waals surface area contributed by atoms with E-state index in [1.54, 1.807) is 6.07 Å². The van der Waals surface area contributed by atoms with Crippen molar-refractivity contribution in [3.8, 4) is 78.6 Å². The summed E-state index contributed by atoms with van der Waals surface area (Å²) < 4.78 is 27.7. The predicted octanol–water partition coefficient (Wildman–Crippen LogP) is 16.1. The summed E-state index contributed by atoms with van der Waals surface area (Å²) in [6.07, 6.45) is 1.51. The van der Waals surface area contributed by atoms with Crippen LogP contribution >= 0.6 is 0 Å². The summed E-state index contributed by atoms with van der Waals surface area (Å²) in [4.78, 5) is 10.4. The maximum atomic E-state index is 11.7. The molecule has 334 valence electrons. The minimum Gasteiger partial charge on any atom is -0.507 e. The molecule has 0 bridgehead atoms. The van der Waals surface area contributed by atoms with Crippen LogP contribution in [0.5, 0.6) is 5.75 Å². The zero-order chi connectivity index (χ0) is 48.3. The van der Waals surface area contributed by atoms with Gasteiger partial charge in [0.05, 0.1) is 22.3 Å². The number of nitrogens with zero attached hydrogens (tertiary/aromatic N) is 3. The van der Waals surface area contributed by atoms with E-state index in [1.165, 1.54) is 17.3 Å². The fourth-order valence-corrected chi connectivity index (χ4v) is 8.65. The number of phenols is 1. The number of aromatic nitrogens is 3. The first kappa shape index (κ1) is 42.3. The monoisotopic (exact) mass is 1050 g/mol. The van der Waals surface area contributed by atoms with Gasteiger partial charge < -0.3 is 5.11 Å². The van der Waals surface area contributed by atoms with Crippen molar-refractivity contribution in [1.82, 2.24) is 14.5 Å². The molecule has 0 fully saturated rings. The third kappa shape index (κ3) is 8.97. The summed E-state index contributed by atoms with van der Waals surface area (Å²) >= 11 is 0. The van der Waals surface area contributed by atoms with Gasteiger partial charge in [0.25, 0.3) is 0 Å². The van der Waals surface area contributed by atoms with E-state index >= 15 is 0 Å². The van der Waals surface area contributed by atoms with Crippen LogP contribution in [-0.4, -0.2) is 19.6 Å². The first-order valence-electron chi connectivity index (χ1n) is 24.0. The zero-order valence-corrected chi connectivity index (χ0v) is 41.5. The molecule has 66 heavy (non-hydrogen) atoms. The van der Waals surface area contributed by atoms with Crippen LogP contribution in [0.3, 0.4) is 0 Å². The summed E-state index contributed by atoms with van der Waals surface area (Å²) in [6, 6.07) is 57.5. The molecule has 0 spiro atoms. The molecule has 2 heterocycles. The van der Waals surface area contributed by atoms with Crippen LogP contribution in [0.4, 0.5) is 0 Å². The Hall–Kier alpha value is -6.35. The molecular weight excluding hydrogens is 986 g/mol. The maximum absolute atomic E-state index is 11.7. The Morgan fingerprint density at radius 3 is 1.62 bits per heavy atom. The molecule has 7 aromatic carbocycles. The molecule has 0 aliphatic rings. The molecule has 0 saturated heterocycles. The van der Waals surface area contributed by atoms with E-state index in [0.717, 1.165) is 66.8 Å². The van der Waals surface area contributed by atoms with Crippen LogP contribution in [0.2, 0.25) is 0 Å². The molecule has 9 aromatic rings. The Balaban J connectivity index is 0.00000642. The molecule has 0 aliphatic heterocycles. The molecule has 0 radical (unpaired) electrons. The number of hydrogen-bond donors (Lipinski definition) is 1. The fourth-order valence-electron chi connectivity index (χ4n) is 8.65. The normalized spacial score (nSPS) is 12.9. The Labute approximate surface area is 410 Å². The van der Waals surface area contributed by atoms with Crippen LogP contribution in [0.15, 0.2) is 164 Å². The number of para-hydroxylation sites is 2. The third-order valence-electron chi connectivity index (χ3n) is 12.5. The number of benzene rings is 7. The molecule has 2 aromatic heterocycles. The second-order valence-electron chi connectivity index (χ2n) is 20.3. The van der Waals surface area contributed by atoms with Crippen molar-refractivity contribution in [1.29, 1.82) is 0 Å². The van der Waals surface area contributed by atoms with Gasteiger partial charge in [-0.2, -0.15) is 0 Å². The van der Waals surface area contributed by atoms with E-state index in [4.69, 9.17) is 14.1 Å². The van der Waals surface area contributed by atoms with Gasteiger partial charge in [0.2, 0.25) is 0 Å². The van der Waals surface area contributed by atoms with E-state index in [1.807, 2.05) is 48.5 Å². The van der Waals surface area contributed by atoms with Crippen molar-refractivity contribution < 1.29 is 30.3 Å². The summed E-state index contributed by atoms with van der Waals surface area (Å²) in [7, 11) is 0. The van der Waals surface area contributed by atoms with Gasteiger partial charge in [-0.1, -0.05) is 189 Å². The number of imidazole rings is 1. The van der Waals surface area contributed by atoms with Crippen molar-refractivity contribution in [2.45, 2.75) is 85.4 Å². The molecule has 1 N–H and O–H groups in total. The number of pyridine rings is 1. The first-order valence-corrected chi connectivity index (χ1v) is 22.5. The van der Waals surface area contributed by atoms with Crippen LogP contribution in [0, 0.1) is 12.9 Å². The van der Waals surface area contributed by atoms with Crippen LogP contribution < -0.4 is 0 Å². The number of fused-ring (bicyclic) bond motifs is 1. The van der Waals surface area contributed by atoms with Gasteiger partial charge in [0, 0.05) is 48.2 Å². The predicted molar refractivity (Wildman–Crippen MR) is 273 cm³/mol. The Morgan fingerprint density at radius 1 is 0.515 bits per heavy atom. The standard InChI is InChI=1S/C61H58N3O.Pt/c1-39-38-62-53(37-50(39)42-28-30-45(31-29-42)59(2,3)4)44-32-43(33-46(34-44)60(5,6)7)48-25-19-26-54-56(48)63-58(49-24-17-18-27-55(49)65)64(54)57-51(40-20-13-11-14-21-40)35-47(61(8,9)10)36-52(57)41-22-15-12-16-23-41;/h11-31,33-38,65H,1-10H3;/q-1;/i1D3;. The van der Waals surface area contributed by atoms with Gasteiger partial charge in [-0.3, -0.25) is 9.55 Å². The molecular formula is C61H58N3OPt-. The minimum atomic E-state index is -2.38. The average Bonchev–Trinajstić information content (AvgIpc) is 3.69. The second-order valence-corrected chi connectivity index (χ2v) is 20.3. The van der Waals surface area contributed by atoms with E-state index in [9.17, 15) is 5.11 Å². The fraction of sp³-hybridized carbons (Fsp3) is 0.213. The quantitative estimate of drug-likeness (QED) is 0.162. The smallest absolute Gasteiger partial charge is 0.148 e. The van der Waals surface area contributed by atoms with Crippen LogP contribution in [-0.2, 0) is 37.3 Å². The van der Waals surface area contributed by atoms with Crippen molar-refractivity contribution in [2.24, 2.45) is 0 Å². The van der Waals surface area contributed by atoms with E-state index in [-0.39, 0.29) is 48.6 Å². The maximum Gasteiger partial charge on any atom is 0.148 e. The molecule has 0 saturated carbocycles. The second kappa shape index (κ2) is 17.8. The topological polar surface area (TPSA) is 50.9 Å². The minimum absolute atomic E-state index is 0. The van der Waals surface area contributed by atoms with Gasteiger partial charge in [-0.25, -0.2) is 4.98 Å².